The van der Waals surface area contributed by atoms with Crippen LogP contribution in [0.3, 0.4) is 0 Å². The number of nitrogens with two attached hydrogens (primary N) is 1. The van der Waals surface area contributed by atoms with Crippen LogP contribution in [0.5, 0.6) is 0 Å². The lowest BCUT2D eigenvalue weighted by Gasteiger charge is -2.32. The predicted molar refractivity (Wildman–Crippen MR) is 119 cm³/mol. The van der Waals surface area contributed by atoms with E-state index in [1.165, 1.54) is 11.0 Å². The lowest BCUT2D eigenvalue weighted by molar-refractivity contribution is -0.130. The molecule has 1 aromatic heterocycles. The van der Waals surface area contributed by atoms with Gasteiger partial charge in [-0.1, -0.05) is 0 Å². The number of nitrogens with zero attached hydrogens (tertiary/aromatic N) is 5. The summed E-state index contributed by atoms with van der Waals surface area (Å²) in [4.78, 5) is 40.3. The molecule has 3 amide bonds. The molecule has 3 rings (SSSR count). The molecule has 2 aromatic rings. The molecule has 0 saturated carbocycles. The number of hydrogen-bond donors (Lipinski definition) is 2. The first-order valence-electron chi connectivity index (χ1n) is 10.5. The third-order valence-electron chi connectivity index (χ3n) is 5.41. The predicted octanol–water partition coefficient (Wildman–Crippen LogP) is 1.15. The Balaban J connectivity index is 1.89. The van der Waals surface area contributed by atoms with Gasteiger partial charge in [0.25, 0.3) is 11.8 Å². The molecule has 0 radical (unpaired) electrons. The van der Waals surface area contributed by atoms with Crippen molar-refractivity contribution in [3.05, 3.63) is 35.5 Å². The highest BCUT2D eigenvalue weighted by Crippen LogP contribution is 2.31. The largest absolute Gasteiger partial charge is 0.344 e. The van der Waals surface area contributed by atoms with E-state index in [1.807, 2.05) is 13.0 Å². The van der Waals surface area contributed by atoms with E-state index in [-0.39, 0.29) is 35.7 Å². The van der Waals surface area contributed by atoms with Gasteiger partial charge in [0, 0.05) is 25.7 Å². The molecule has 2 heterocycles. The van der Waals surface area contributed by atoms with Crippen LogP contribution in [-0.2, 0) is 9.59 Å². The Hall–Kier alpha value is -3.78. The summed E-state index contributed by atoms with van der Waals surface area (Å²) in [6, 6.07) is 7.90. The SMILES string of the molecule is C[C@H]1CN(CC(=O)N(C)CCCN)C(=O)c2cc(-c3ccc(C#N)cc3NC(=O)CF)nn21. The van der Waals surface area contributed by atoms with Crippen molar-refractivity contribution >= 4 is 23.4 Å². The maximum absolute atomic E-state index is 13.1. The van der Waals surface area contributed by atoms with Crippen molar-refractivity contribution in [1.82, 2.24) is 19.6 Å². The maximum Gasteiger partial charge on any atom is 0.272 e. The number of aromatic nitrogens is 2. The average Bonchev–Trinajstić information content (AvgIpc) is 3.26. The lowest BCUT2D eigenvalue weighted by atomic mass is 10.1. The van der Waals surface area contributed by atoms with E-state index in [1.54, 1.807) is 34.8 Å². The molecule has 0 aliphatic carbocycles. The number of nitriles is 1. The van der Waals surface area contributed by atoms with E-state index in [4.69, 9.17) is 11.0 Å². The summed E-state index contributed by atoms with van der Waals surface area (Å²) < 4.78 is 14.3. The first-order valence-corrected chi connectivity index (χ1v) is 10.5. The Kier molecular flexibility index (Phi) is 7.40. The molecule has 10 nitrogen and oxygen atoms in total. The fourth-order valence-electron chi connectivity index (χ4n) is 3.66. The molecule has 0 unspecified atom stereocenters. The first-order chi connectivity index (χ1) is 15.8. The Bertz CT molecular complexity index is 1110. The number of fused-ring (bicyclic) bond motifs is 1. The zero-order valence-electron chi connectivity index (χ0n) is 18.5. The molecule has 3 N–H and O–H groups in total. The highest BCUT2D eigenvalue weighted by Gasteiger charge is 2.33. The summed E-state index contributed by atoms with van der Waals surface area (Å²) in [5.41, 5.74) is 7.13. The summed E-state index contributed by atoms with van der Waals surface area (Å²) in [5, 5.41) is 16.1. The number of anilines is 1. The van der Waals surface area contributed by atoms with E-state index in [2.05, 4.69) is 10.4 Å². The zero-order chi connectivity index (χ0) is 24.1. The van der Waals surface area contributed by atoms with Gasteiger partial charge >= 0.3 is 0 Å². The van der Waals surface area contributed by atoms with Crippen molar-refractivity contribution in [2.75, 3.05) is 45.2 Å². The molecule has 0 bridgehead atoms. The number of alkyl halides is 1. The minimum atomic E-state index is -1.21. The van der Waals surface area contributed by atoms with Crippen molar-refractivity contribution in [3.63, 3.8) is 0 Å². The molecule has 1 aliphatic rings. The standard InChI is InChI=1S/C22H26FN7O3/c1-14-12-29(13-21(32)28(2)7-3-6-24)22(33)19-9-18(27-30(14)19)16-5-4-15(11-25)8-17(16)26-20(31)10-23/h4-5,8-9,14H,3,6-7,10,12-13,24H2,1-2H3,(H,26,31)/t14-/m0/s1. The number of carbonyl (C=O) groups is 3. The Labute approximate surface area is 190 Å². The molecule has 33 heavy (non-hydrogen) atoms. The van der Waals surface area contributed by atoms with Crippen LogP contribution in [0.15, 0.2) is 24.3 Å². The van der Waals surface area contributed by atoms with Gasteiger partial charge in [0.2, 0.25) is 5.91 Å². The summed E-state index contributed by atoms with van der Waals surface area (Å²) in [5.74, 6) is -1.38. The quantitative estimate of drug-likeness (QED) is 0.613. The normalized spacial score (nSPS) is 15.1. The Morgan fingerprint density at radius 3 is 2.82 bits per heavy atom. The van der Waals surface area contributed by atoms with E-state index in [9.17, 15) is 18.8 Å². The smallest absolute Gasteiger partial charge is 0.272 e. The number of rotatable bonds is 8. The third-order valence-corrected chi connectivity index (χ3v) is 5.41. The van der Waals surface area contributed by atoms with Crippen LogP contribution in [0.25, 0.3) is 11.3 Å². The number of amides is 3. The molecule has 1 atom stereocenters. The topological polar surface area (TPSA) is 137 Å². The summed E-state index contributed by atoms with van der Waals surface area (Å²) >= 11 is 0. The van der Waals surface area contributed by atoms with Gasteiger partial charge in [-0.15, -0.1) is 0 Å². The minimum absolute atomic E-state index is 0.0561. The molecule has 11 heteroatoms. The molecule has 1 aromatic carbocycles. The number of nitrogens with one attached hydrogen (secondary N) is 1. The Morgan fingerprint density at radius 1 is 1.39 bits per heavy atom. The number of benzene rings is 1. The molecular weight excluding hydrogens is 429 g/mol. The van der Waals surface area contributed by atoms with E-state index in [0.717, 1.165) is 0 Å². The number of hydrogen-bond acceptors (Lipinski definition) is 6. The molecular formula is C22H26FN7O3. The van der Waals surface area contributed by atoms with Crippen molar-refractivity contribution < 1.29 is 18.8 Å². The summed E-state index contributed by atoms with van der Waals surface area (Å²) in [6.07, 6.45) is 0.675. The second-order valence-corrected chi connectivity index (χ2v) is 7.91. The summed E-state index contributed by atoms with van der Waals surface area (Å²) in [6.45, 7) is 1.91. The molecule has 0 saturated heterocycles. The highest BCUT2D eigenvalue weighted by molar-refractivity contribution is 5.99. The fourth-order valence-corrected chi connectivity index (χ4v) is 3.66. The van der Waals surface area contributed by atoms with Crippen LogP contribution in [0.2, 0.25) is 0 Å². The van der Waals surface area contributed by atoms with Gasteiger partial charge < -0.3 is 20.9 Å². The zero-order valence-corrected chi connectivity index (χ0v) is 18.5. The fraction of sp³-hybridized carbons (Fsp3) is 0.409. The van der Waals surface area contributed by atoms with Crippen LogP contribution in [0.4, 0.5) is 10.1 Å². The second kappa shape index (κ2) is 10.2. The van der Waals surface area contributed by atoms with Crippen molar-refractivity contribution in [3.8, 4) is 17.3 Å². The monoisotopic (exact) mass is 455 g/mol. The van der Waals surface area contributed by atoms with Crippen LogP contribution >= 0.6 is 0 Å². The lowest BCUT2D eigenvalue weighted by Crippen LogP contribution is -2.47. The third kappa shape index (κ3) is 5.18. The highest BCUT2D eigenvalue weighted by atomic mass is 19.1. The van der Waals surface area contributed by atoms with Crippen molar-refractivity contribution in [2.24, 2.45) is 5.73 Å². The van der Waals surface area contributed by atoms with E-state index < -0.39 is 12.6 Å². The van der Waals surface area contributed by atoms with Crippen molar-refractivity contribution in [1.29, 1.82) is 5.26 Å². The average molecular weight is 455 g/mol. The van der Waals surface area contributed by atoms with Gasteiger partial charge in [0.05, 0.1) is 29.1 Å². The van der Waals surface area contributed by atoms with Crippen molar-refractivity contribution in [2.45, 2.75) is 19.4 Å². The van der Waals surface area contributed by atoms with Gasteiger partial charge in [-0.2, -0.15) is 10.4 Å². The molecule has 1 aliphatic heterocycles. The van der Waals surface area contributed by atoms with Crippen LogP contribution in [0, 0.1) is 11.3 Å². The van der Waals surface area contributed by atoms with Crippen LogP contribution in [0.1, 0.15) is 35.4 Å². The van der Waals surface area contributed by atoms with Gasteiger partial charge in [-0.25, -0.2) is 4.39 Å². The van der Waals surface area contributed by atoms with Crippen LogP contribution in [-0.4, -0.2) is 77.2 Å². The molecule has 0 fully saturated rings. The number of carbonyl (C=O) groups excluding carboxylic acids is 3. The second-order valence-electron chi connectivity index (χ2n) is 7.91. The van der Waals surface area contributed by atoms with Gasteiger partial charge in [0.1, 0.15) is 12.2 Å². The van der Waals surface area contributed by atoms with Gasteiger partial charge in [0.15, 0.2) is 6.67 Å². The van der Waals surface area contributed by atoms with Crippen LogP contribution < -0.4 is 11.1 Å². The first kappa shape index (κ1) is 23.9. The minimum Gasteiger partial charge on any atom is -0.344 e. The molecule has 0 spiro atoms. The number of likely N-dealkylation sites (N-methyl/N-ethyl adjacent to an activating group) is 1. The summed E-state index contributed by atoms with van der Waals surface area (Å²) in [7, 11) is 1.68. The Morgan fingerprint density at radius 2 is 2.15 bits per heavy atom. The molecule has 174 valence electrons. The van der Waals surface area contributed by atoms with Gasteiger partial charge in [-0.05, 0) is 44.2 Å². The number of halogens is 1. The van der Waals surface area contributed by atoms with Gasteiger partial charge in [-0.3, -0.25) is 19.1 Å². The van der Waals surface area contributed by atoms with E-state index in [0.29, 0.717) is 43.0 Å². The van der Waals surface area contributed by atoms with E-state index >= 15 is 0 Å². The maximum atomic E-state index is 13.1.